The van der Waals surface area contributed by atoms with Gasteiger partial charge >= 0.3 is 0 Å². The van der Waals surface area contributed by atoms with Crippen LogP contribution < -0.4 is 10.1 Å². The number of carbonyl (C=O) groups excluding carboxylic acids is 2. The third-order valence-electron chi connectivity index (χ3n) is 4.99. The van der Waals surface area contributed by atoms with Crippen molar-refractivity contribution >= 4 is 63.5 Å². The average Bonchev–Trinajstić information content (AvgIpc) is 3.11. The van der Waals surface area contributed by atoms with Crippen LogP contribution in [0.15, 0.2) is 83.8 Å². The highest BCUT2D eigenvalue weighted by Crippen LogP contribution is 2.33. The van der Waals surface area contributed by atoms with Gasteiger partial charge < -0.3 is 10.1 Å². The van der Waals surface area contributed by atoms with Crippen LogP contribution in [0.1, 0.15) is 11.1 Å². The average molecular weight is 509 g/mol. The van der Waals surface area contributed by atoms with Crippen LogP contribution in [0.2, 0.25) is 5.02 Å². The zero-order valence-electron chi connectivity index (χ0n) is 18.1. The third kappa shape index (κ3) is 6.47. The Kier molecular flexibility index (Phi) is 8.00. The lowest BCUT2D eigenvalue weighted by Gasteiger charge is -2.14. The molecule has 4 rings (SSSR count). The first-order valence-electron chi connectivity index (χ1n) is 10.6. The molecule has 3 aromatic rings. The number of thiocarbonyl (C=S) groups is 1. The van der Waals surface area contributed by atoms with Crippen molar-refractivity contribution in [1.29, 1.82) is 0 Å². The minimum Gasteiger partial charge on any atom is -0.484 e. The normalized spacial score (nSPS) is 14.5. The lowest BCUT2D eigenvalue weighted by atomic mass is 10.1. The van der Waals surface area contributed by atoms with E-state index < -0.39 is 0 Å². The van der Waals surface area contributed by atoms with Crippen LogP contribution in [0.25, 0.3) is 6.08 Å². The first kappa shape index (κ1) is 24.0. The van der Waals surface area contributed by atoms with Crippen molar-refractivity contribution < 1.29 is 14.3 Å². The molecule has 0 spiro atoms. The van der Waals surface area contributed by atoms with Crippen LogP contribution in [-0.4, -0.2) is 34.2 Å². The summed E-state index contributed by atoms with van der Waals surface area (Å²) in [6.07, 6.45) is 2.53. The highest BCUT2D eigenvalue weighted by atomic mass is 35.5. The van der Waals surface area contributed by atoms with Gasteiger partial charge in [-0.15, -0.1) is 0 Å². The second-order valence-electron chi connectivity index (χ2n) is 7.49. The fraction of sp³-hybridized carbons (Fsp3) is 0.115. The number of thioether (sulfide) groups is 1. The Labute approximate surface area is 212 Å². The molecule has 8 heteroatoms. The number of amides is 2. The quantitative estimate of drug-likeness (QED) is 0.308. The van der Waals surface area contributed by atoms with Crippen LogP contribution in [0, 0.1) is 0 Å². The Balaban J connectivity index is 1.35. The Morgan fingerprint density at radius 1 is 1.06 bits per heavy atom. The van der Waals surface area contributed by atoms with E-state index in [2.05, 4.69) is 5.32 Å². The maximum atomic E-state index is 12.9. The lowest BCUT2D eigenvalue weighted by molar-refractivity contribution is -0.122. The third-order valence-corrected chi connectivity index (χ3v) is 6.62. The van der Waals surface area contributed by atoms with Crippen molar-refractivity contribution in [1.82, 2.24) is 4.90 Å². The maximum absolute atomic E-state index is 12.9. The summed E-state index contributed by atoms with van der Waals surface area (Å²) in [5, 5.41) is 3.35. The molecule has 1 saturated heterocycles. The first-order chi connectivity index (χ1) is 16.5. The summed E-state index contributed by atoms with van der Waals surface area (Å²) in [5.74, 6) is 0.145. The van der Waals surface area contributed by atoms with Crippen LogP contribution in [0.4, 0.5) is 5.69 Å². The zero-order valence-corrected chi connectivity index (χ0v) is 20.5. The van der Waals surface area contributed by atoms with E-state index in [0.29, 0.717) is 32.2 Å². The van der Waals surface area contributed by atoms with Gasteiger partial charge in [0.25, 0.3) is 11.8 Å². The molecule has 1 aliphatic rings. The molecule has 1 aliphatic heterocycles. The van der Waals surface area contributed by atoms with Crippen LogP contribution >= 0.6 is 35.6 Å². The van der Waals surface area contributed by atoms with Crippen molar-refractivity contribution in [3.63, 3.8) is 0 Å². The van der Waals surface area contributed by atoms with E-state index in [1.54, 1.807) is 47.4 Å². The predicted octanol–water partition coefficient (Wildman–Crippen LogP) is 5.80. The summed E-state index contributed by atoms with van der Waals surface area (Å²) in [6.45, 7) is 0.394. The molecular weight excluding hydrogens is 488 g/mol. The Bertz CT molecular complexity index is 1230. The van der Waals surface area contributed by atoms with Gasteiger partial charge in [-0.3, -0.25) is 14.5 Å². The number of benzene rings is 3. The van der Waals surface area contributed by atoms with Crippen molar-refractivity contribution in [2.45, 2.75) is 6.42 Å². The molecule has 1 fully saturated rings. The second kappa shape index (κ2) is 11.3. The topological polar surface area (TPSA) is 58.6 Å². The standard InChI is InChI=1S/C26H21ClN2O3S2/c27-20-9-11-21(12-10-20)28-24(30)17-32-22-8-4-7-19(15-22)16-23-25(31)29(26(33)34-23)14-13-18-5-2-1-3-6-18/h1-12,15-16H,13-14,17H2,(H,28,30)/b23-16-. The van der Waals surface area contributed by atoms with Crippen LogP contribution in [0.5, 0.6) is 5.75 Å². The molecule has 0 aliphatic carbocycles. The monoisotopic (exact) mass is 508 g/mol. The molecule has 172 valence electrons. The minimum absolute atomic E-state index is 0.0976. The summed E-state index contributed by atoms with van der Waals surface area (Å²) in [4.78, 5) is 27.3. The van der Waals surface area contributed by atoms with Gasteiger partial charge in [0.15, 0.2) is 6.61 Å². The largest absolute Gasteiger partial charge is 0.484 e. The van der Waals surface area contributed by atoms with Gasteiger partial charge in [0, 0.05) is 17.3 Å². The molecule has 0 bridgehead atoms. The molecule has 0 atom stereocenters. The highest BCUT2D eigenvalue weighted by Gasteiger charge is 2.31. The van der Waals surface area contributed by atoms with E-state index in [9.17, 15) is 9.59 Å². The molecule has 5 nitrogen and oxygen atoms in total. The molecule has 1 N–H and O–H groups in total. The SMILES string of the molecule is O=C(COc1cccc(/C=C2\SC(=S)N(CCc3ccccc3)C2=O)c1)Nc1ccc(Cl)cc1. The van der Waals surface area contributed by atoms with Gasteiger partial charge in [0.1, 0.15) is 10.1 Å². The van der Waals surface area contributed by atoms with Crippen LogP contribution in [-0.2, 0) is 16.0 Å². The van der Waals surface area contributed by atoms with E-state index in [1.165, 1.54) is 11.8 Å². The number of carbonyl (C=O) groups is 2. The molecule has 0 aromatic heterocycles. The summed E-state index contributed by atoms with van der Waals surface area (Å²) in [5.41, 5.74) is 2.59. The second-order valence-corrected chi connectivity index (χ2v) is 9.60. The zero-order chi connectivity index (χ0) is 23.9. The number of halogens is 1. The molecule has 0 saturated carbocycles. The predicted molar refractivity (Wildman–Crippen MR) is 142 cm³/mol. The molecular formula is C26H21ClN2O3S2. The number of anilines is 1. The smallest absolute Gasteiger partial charge is 0.266 e. The number of hydrogen-bond acceptors (Lipinski definition) is 5. The van der Waals surface area contributed by atoms with Crippen molar-refractivity contribution in [2.75, 3.05) is 18.5 Å². The van der Waals surface area contributed by atoms with Gasteiger partial charge in [-0.1, -0.05) is 78.0 Å². The number of ether oxygens (including phenoxy) is 1. The number of nitrogens with one attached hydrogen (secondary N) is 1. The molecule has 0 radical (unpaired) electrons. The molecule has 2 amide bonds. The van der Waals surface area contributed by atoms with E-state index in [4.69, 9.17) is 28.6 Å². The van der Waals surface area contributed by atoms with Gasteiger partial charge in [-0.25, -0.2) is 0 Å². The van der Waals surface area contributed by atoms with E-state index in [-0.39, 0.29) is 18.4 Å². The van der Waals surface area contributed by atoms with Crippen molar-refractivity contribution in [3.05, 3.63) is 99.9 Å². The van der Waals surface area contributed by atoms with E-state index >= 15 is 0 Å². The Morgan fingerprint density at radius 3 is 2.59 bits per heavy atom. The Hall–Kier alpha value is -3.13. The Morgan fingerprint density at radius 2 is 1.82 bits per heavy atom. The first-order valence-corrected chi connectivity index (χ1v) is 12.2. The number of rotatable bonds is 8. The van der Waals surface area contributed by atoms with Gasteiger partial charge in [-0.05, 0) is 60.0 Å². The van der Waals surface area contributed by atoms with Crippen molar-refractivity contribution in [2.24, 2.45) is 0 Å². The van der Waals surface area contributed by atoms with Crippen molar-refractivity contribution in [3.8, 4) is 5.75 Å². The molecule has 34 heavy (non-hydrogen) atoms. The summed E-state index contributed by atoms with van der Waals surface area (Å²) in [7, 11) is 0. The summed E-state index contributed by atoms with van der Waals surface area (Å²) < 4.78 is 6.18. The van der Waals surface area contributed by atoms with Gasteiger partial charge in [0.2, 0.25) is 0 Å². The fourth-order valence-corrected chi connectivity index (χ4v) is 4.74. The minimum atomic E-state index is -0.285. The van der Waals surface area contributed by atoms with E-state index in [0.717, 1.165) is 17.5 Å². The number of hydrogen-bond donors (Lipinski definition) is 1. The fourth-order valence-electron chi connectivity index (χ4n) is 3.30. The number of nitrogens with zero attached hydrogens (tertiary/aromatic N) is 1. The van der Waals surface area contributed by atoms with Gasteiger partial charge in [0.05, 0.1) is 4.91 Å². The lowest BCUT2D eigenvalue weighted by Crippen LogP contribution is -2.30. The molecule has 1 heterocycles. The molecule has 0 unspecified atom stereocenters. The summed E-state index contributed by atoms with van der Waals surface area (Å²) >= 11 is 12.6. The van der Waals surface area contributed by atoms with Crippen LogP contribution in [0.3, 0.4) is 0 Å². The molecule has 3 aromatic carbocycles. The maximum Gasteiger partial charge on any atom is 0.266 e. The highest BCUT2D eigenvalue weighted by molar-refractivity contribution is 8.26. The van der Waals surface area contributed by atoms with E-state index in [1.807, 2.05) is 42.5 Å². The van der Waals surface area contributed by atoms with Gasteiger partial charge in [-0.2, -0.15) is 0 Å². The summed E-state index contributed by atoms with van der Waals surface area (Å²) in [6, 6.07) is 24.1.